The molecule has 1 fully saturated rings. The van der Waals surface area contributed by atoms with Crippen LogP contribution in [0.2, 0.25) is 0 Å². The van der Waals surface area contributed by atoms with Gasteiger partial charge in [0.2, 0.25) is 5.91 Å². The number of hydrogen-bond acceptors (Lipinski definition) is 3. The highest BCUT2D eigenvalue weighted by molar-refractivity contribution is 5.94. The Balaban J connectivity index is 1.34. The van der Waals surface area contributed by atoms with Crippen molar-refractivity contribution in [2.45, 2.75) is 20.0 Å². The number of rotatable bonds is 5. The van der Waals surface area contributed by atoms with Crippen molar-refractivity contribution in [2.24, 2.45) is 0 Å². The Morgan fingerprint density at radius 2 is 1.57 bits per heavy atom. The first-order valence-electron chi connectivity index (χ1n) is 10.4. The maximum atomic E-state index is 12.9. The molecule has 1 N–H and O–H groups in total. The zero-order valence-electron chi connectivity index (χ0n) is 17.3. The van der Waals surface area contributed by atoms with Crippen LogP contribution in [0.5, 0.6) is 0 Å². The van der Waals surface area contributed by atoms with Crippen LogP contribution < -0.4 is 5.32 Å². The highest BCUT2D eigenvalue weighted by atomic mass is 16.2. The van der Waals surface area contributed by atoms with Gasteiger partial charge in [-0.25, -0.2) is 0 Å². The van der Waals surface area contributed by atoms with Crippen molar-refractivity contribution >= 4 is 22.6 Å². The maximum absolute atomic E-state index is 12.9. The van der Waals surface area contributed by atoms with E-state index >= 15 is 0 Å². The van der Waals surface area contributed by atoms with Gasteiger partial charge in [0.05, 0.1) is 0 Å². The van der Waals surface area contributed by atoms with E-state index in [1.807, 2.05) is 29.2 Å². The predicted octanol–water partition coefficient (Wildman–Crippen LogP) is 3.43. The fourth-order valence-electron chi connectivity index (χ4n) is 3.95. The molecule has 3 aromatic rings. The lowest BCUT2D eigenvalue weighted by molar-refractivity contribution is -0.119. The van der Waals surface area contributed by atoms with E-state index < -0.39 is 0 Å². The Kier molecular flexibility index (Phi) is 6.10. The summed E-state index contributed by atoms with van der Waals surface area (Å²) in [5, 5.41) is 5.34. The van der Waals surface area contributed by atoms with Gasteiger partial charge in [-0.1, -0.05) is 54.6 Å². The summed E-state index contributed by atoms with van der Waals surface area (Å²) in [6.07, 6.45) is 0. The molecule has 154 valence electrons. The normalized spacial score (nSPS) is 14.6. The average molecular weight is 402 g/mol. The molecule has 0 spiro atoms. The summed E-state index contributed by atoms with van der Waals surface area (Å²) < 4.78 is 0. The quantitative estimate of drug-likeness (QED) is 0.713. The second-order valence-electron chi connectivity index (χ2n) is 7.81. The molecule has 1 aliphatic heterocycles. The van der Waals surface area contributed by atoms with Crippen LogP contribution in [-0.2, 0) is 17.9 Å². The third-order valence-corrected chi connectivity index (χ3v) is 5.68. The third-order valence-electron chi connectivity index (χ3n) is 5.68. The topological polar surface area (TPSA) is 52.7 Å². The van der Waals surface area contributed by atoms with E-state index in [0.29, 0.717) is 12.1 Å². The number of nitrogens with one attached hydrogen (secondary N) is 1. The van der Waals surface area contributed by atoms with Crippen LogP contribution in [0.1, 0.15) is 28.4 Å². The summed E-state index contributed by atoms with van der Waals surface area (Å²) in [5.41, 5.74) is 3.02. The molecule has 1 saturated heterocycles. The molecule has 0 bridgehead atoms. The Bertz CT molecular complexity index is 1030. The molecule has 0 aromatic heterocycles. The van der Waals surface area contributed by atoms with Gasteiger partial charge in [0.25, 0.3) is 5.91 Å². The lowest BCUT2D eigenvalue weighted by Gasteiger charge is -2.35. The second kappa shape index (κ2) is 9.09. The number of fused-ring (bicyclic) bond motifs is 1. The van der Waals surface area contributed by atoms with Crippen molar-refractivity contribution in [3.8, 4) is 0 Å². The van der Waals surface area contributed by atoms with Gasteiger partial charge in [-0.2, -0.15) is 0 Å². The van der Waals surface area contributed by atoms with E-state index in [4.69, 9.17) is 0 Å². The van der Waals surface area contributed by atoms with Gasteiger partial charge in [0, 0.05) is 51.8 Å². The van der Waals surface area contributed by atoms with Crippen LogP contribution in [0.3, 0.4) is 0 Å². The minimum absolute atomic E-state index is 0.0588. The van der Waals surface area contributed by atoms with Crippen LogP contribution in [0.15, 0.2) is 66.7 Å². The molecule has 0 radical (unpaired) electrons. The van der Waals surface area contributed by atoms with Crippen molar-refractivity contribution in [2.75, 3.05) is 26.2 Å². The zero-order chi connectivity index (χ0) is 20.9. The number of carbonyl (C=O) groups is 2. The SMILES string of the molecule is CC(=O)NCc1ccc(C(=O)N2CCN(Cc3cccc4ccccc34)CC2)cc1. The fourth-order valence-corrected chi connectivity index (χ4v) is 3.95. The van der Waals surface area contributed by atoms with Crippen LogP contribution in [-0.4, -0.2) is 47.8 Å². The largest absolute Gasteiger partial charge is 0.352 e. The molecule has 5 nitrogen and oxygen atoms in total. The highest BCUT2D eigenvalue weighted by Gasteiger charge is 2.22. The van der Waals surface area contributed by atoms with E-state index in [-0.39, 0.29) is 11.8 Å². The molecule has 30 heavy (non-hydrogen) atoms. The number of nitrogens with zero attached hydrogens (tertiary/aromatic N) is 2. The zero-order valence-corrected chi connectivity index (χ0v) is 17.3. The lowest BCUT2D eigenvalue weighted by atomic mass is 10.0. The third kappa shape index (κ3) is 4.69. The van der Waals surface area contributed by atoms with E-state index in [2.05, 4.69) is 52.7 Å². The first-order valence-corrected chi connectivity index (χ1v) is 10.4. The standard InChI is InChI=1S/C25H27N3O2/c1-19(29)26-17-20-9-11-22(12-10-20)25(30)28-15-13-27(14-16-28)18-23-7-4-6-21-5-2-3-8-24(21)23/h2-12H,13-18H2,1H3,(H,26,29). The molecule has 4 rings (SSSR count). The smallest absolute Gasteiger partial charge is 0.253 e. The van der Waals surface area contributed by atoms with Crippen LogP contribution in [0, 0.1) is 0 Å². The van der Waals surface area contributed by atoms with Gasteiger partial charge in [0.1, 0.15) is 0 Å². The average Bonchev–Trinajstić information content (AvgIpc) is 2.78. The first-order chi connectivity index (χ1) is 14.6. The highest BCUT2D eigenvalue weighted by Crippen LogP contribution is 2.21. The number of hydrogen-bond donors (Lipinski definition) is 1. The van der Waals surface area contributed by atoms with Crippen molar-refractivity contribution in [1.82, 2.24) is 15.1 Å². The predicted molar refractivity (Wildman–Crippen MR) is 119 cm³/mol. The maximum Gasteiger partial charge on any atom is 0.253 e. The monoisotopic (exact) mass is 401 g/mol. The number of piperazine rings is 1. The van der Waals surface area contributed by atoms with Crippen molar-refractivity contribution in [1.29, 1.82) is 0 Å². The van der Waals surface area contributed by atoms with E-state index in [1.165, 1.54) is 23.3 Å². The van der Waals surface area contributed by atoms with Crippen LogP contribution in [0.25, 0.3) is 10.8 Å². The van der Waals surface area contributed by atoms with Crippen molar-refractivity contribution < 1.29 is 9.59 Å². The minimum atomic E-state index is -0.0588. The summed E-state index contributed by atoms with van der Waals surface area (Å²) >= 11 is 0. The van der Waals surface area contributed by atoms with Gasteiger partial charge in [0.15, 0.2) is 0 Å². The lowest BCUT2D eigenvalue weighted by Crippen LogP contribution is -2.48. The van der Waals surface area contributed by atoms with E-state index in [9.17, 15) is 9.59 Å². The molecular formula is C25H27N3O2. The van der Waals surface area contributed by atoms with Gasteiger partial charge < -0.3 is 10.2 Å². The molecule has 0 atom stereocenters. The summed E-state index contributed by atoms with van der Waals surface area (Å²) in [7, 11) is 0. The van der Waals surface area contributed by atoms with E-state index in [1.54, 1.807) is 0 Å². The fraction of sp³-hybridized carbons (Fsp3) is 0.280. The molecule has 0 unspecified atom stereocenters. The number of benzene rings is 3. The van der Waals surface area contributed by atoms with Gasteiger partial charge in [-0.3, -0.25) is 14.5 Å². The summed E-state index contributed by atoms with van der Waals surface area (Å²) in [5.74, 6) is 0.0161. The molecule has 1 aliphatic rings. The summed E-state index contributed by atoms with van der Waals surface area (Å²) in [6.45, 7) is 6.09. The van der Waals surface area contributed by atoms with Gasteiger partial charge in [-0.15, -0.1) is 0 Å². The van der Waals surface area contributed by atoms with Gasteiger partial charge >= 0.3 is 0 Å². The number of amides is 2. The first kappa shape index (κ1) is 20.1. The van der Waals surface area contributed by atoms with Crippen molar-refractivity contribution in [3.63, 3.8) is 0 Å². The van der Waals surface area contributed by atoms with Crippen LogP contribution in [0.4, 0.5) is 0 Å². The minimum Gasteiger partial charge on any atom is -0.352 e. The van der Waals surface area contributed by atoms with E-state index in [0.717, 1.165) is 38.3 Å². The van der Waals surface area contributed by atoms with Gasteiger partial charge in [-0.05, 0) is 34.0 Å². The molecular weight excluding hydrogens is 374 g/mol. The Morgan fingerprint density at radius 1 is 0.867 bits per heavy atom. The molecule has 0 aliphatic carbocycles. The number of carbonyl (C=O) groups excluding carboxylic acids is 2. The van der Waals surface area contributed by atoms with Crippen molar-refractivity contribution in [3.05, 3.63) is 83.4 Å². The second-order valence-corrected chi connectivity index (χ2v) is 7.81. The Hall–Kier alpha value is -3.18. The molecule has 3 aromatic carbocycles. The Morgan fingerprint density at radius 3 is 2.30 bits per heavy atom. The molecule has 2 amide bonds. The van der Waals surface area contributed by atoms with Crippen LogP contribution >= 0.6 is 0 Å². The molecule has 1 heterocycles. The Labute approximate surface area is 177 Å². The molecule has 0 saturated carbocycles. The summed E-state index contributed by atoms with van der Waals surface area (Å²) in [6, 6.07) is 22.5. The summed E-state index contributed by atoms with van der Waals surface area (Å²) in [4.78, 5) is 28.2. The molecule has 5 heteroatoms.